The van der Waals surface area contributed by atoms with Crippen molar-refractivity contribution in [1.82, 2.24) is 0 Å². The molecule has 8 aromatic rings. The zero-order valence-electron chi connectivity index (χ0n) is 31.3. The molecule has 0 aliphatic heterocycles. The van der Waals surface area contributed by atoms with Crippen LogP contribution in [0.1, 0.15) is 70.8 Å². The second kappa shape index (κ2) is 12.5. The average molecular weight is 705 g/mol. The molecule has 0 aromatic heterocycles. The van der Waals surface area contributed by atoms with Crippen LogP contribution in [0.2, 0.25) is 0 Å². The monoisotopic (exact) mass is 704 g/mol. The lowest BCUT2D eigenvalue weighted by Gasteiger charge is -2.46. The number of hydrogen-bond acceptors (Lipinski definition) is 2. The Morgan fingerprint density at radius 1 is 0.473 bits per heavy atom. The standard InChI is InChI=1S/C53H40N2/c1-34(37-31-32-40-38(33-37)30-29-35-17-8-9-20-39(35)40)55-51(50(54-4)36-18-6-5-7-19-36)42-22-16-28-48-49(42)41-21-10-11-23-43(41)53(48)46-26-14-12-24-44(46)52(2,3)45-25-13-15-27-47(45)53/h5-33H,4H2,1-3H3/b51-50-,55-34?. The topological polar surface area (TPSA) is 24.7 Å². The smallest absolute Gasteiger partial charge is 0.0974 e. The average Bonchev–Trinajstić information content (AvgIpc) is 3.54. The summed E-state index contributed by atoms with van der Waals surface area (Å²) in [5.74, 6) is 0. The summed E-state index contributed by atoms with van der Waals surface area (Å²) in [5, 5.41) is 4.92. The Bertz CT molecular complexity index is 2880. The molecule has 8 aromatic carbocycles. The SMILES string of the molecule is C=N/C(=C(\N=C(C)c1ccc2c(ccc3ccccc32)c1)c1cccc2c1-c1ccccc1C21c2ccccc2C(C)(C)c2ccccc21)c1ccccc1. The van der Waals surface area contributed by atoms with Crippen LogP contribution in [0.3, 0.4) is 0 Å². The van der Waals surface area contributed by atoms with E-state index in [0.29, 0.717) is 0 Å². The number of hydrogen-bond donors (Lipinski definition) is 0. The normalized spacial score (nSPS) is 15.2. The highest BCUT2D eigenvalue weighted by atomic mass is 14.8. The van der Waals surface area contributed by atoms with E-state index in [1.807, 2.05) is 6.07 Å². The van der Waals surface area contributed by atoms with Crippen molar-refractivity contribution in [2.24, 2.45) is 9.98 Å². The maximum Gasteiger partial charge on any atom is 0.0974 e. The molecule has 0 amide bonds. The summed E-state index contributed by atoms with van der Waals surface area (Å²) in [6, 6.07) is 64.0. The number of fused-ring (bicyclic) bond motifs is 12. The summed E-state index contributed by atoms with van der Waals surface area (Å²) < 4.78 is 0. The Labute approximate surface area is 322 Å². The van der Waals surface area contributed by atoms with Crippen molar-refractivity contribution in [1.29, 1.82) is 0 Å². The third kappa shape index (κ3) is 4.74. The minimum atomic E-state index is -0.510. The first-order valence-corrected chi connectivity index (χ1v) is 19.1. The fraction of sp³-hybridized carbons (Fsp3) is 0.0943. The van der Waals surface area contributed by atoms with Gasteiger partial charge in [0.2, 0.25) is 0 Å². The first-order chi connectivity index (χ1) is 26.9. The highest BCUT2D eigenvalue weighted by Gasteiger charge is 2.53. The van der Waals surface area contributed by atoms with E-state index in [0.717, 1.165) is 33.8 Å². The highest BCUT2D eigenvalue weighted by molar-refractivity contribution is 6.12. The van der Waals surface area contributed by atoms with Gasteiger partial charge in [0.1, 0.15) is 0 Å². The summed E-state index contributed by atoms with van der Waals surface area (Å²) in [4.78, 5) is 10.4. The number of aliphatic imine (C=N–C) groups is 2. The Hall–Kier alpha value is -6.64. The highest BCUT2D eigenvalue weighted by Crippen LogP contribution is 2.63. The van der Waals surface area contributed by atoms with E-state index in [4.69, 9.17) is 9.98 Å². The molecule has 0 N–H and O–H groups in total. The molecule has 2 heteroatoms. The Kier molecular flexibility index (Phi) is 7.47. The van der Waals surface area contributed by atoms with E-state index >= 15 is 0 Å². The van der Waals surface area contributed by atoms with Crippen LogP contribution in [-0.2, 0) is 10.8 Å². The molecule has 0 bridgehead atoms. The van der Waals surface area contributed by atoms with Gasteiger partial charge in [-0.15, -0.1) is 0 Å². The van der Waals surface area contributed by atoms with Crippen molar-refractivity contribution < 1.29 is 0 Å². The number of rotatable bonds is 5. The maximum atomic E-state index is 5.59. The van der Waals surface area contributed by atoms with Gasteiger partial charge >= 0.3 is 0 Å². The lowest BCUT2D eigenvalue weighted by Crippen LogP contribution is -2.40. The van der Waals surface area contributed by atoms with E-state index in [2.05, 4.69) is 197 Å². The van der Waals surface area contributed by atoms with Crippen LogP contribution >= 0.6 is 0 Å². The molecule has 2 nitrogen and oxygen atoms in total. The van der Waals surface area contributed by atoms with Gasteiger partial charge in [-0.25, -0.2) is 0 Å². The third-order valence-electron chi connectivity index (χ3n) is 12.2. The molecular weight excluding hydrogens is 665 g/mol. The van der Waals surface area contributed by atoms with Gasteiger partial charge < -0.3 is 0 Å². The molecule has 2 aliphatic carbocycles. The van der Waals surface area contributed by atoms with E-state index in [1.165, 1.54) is 66.1 Å². The van der Waals surface area contributed by atoms with Gasteiger partial charge in [-0.05, 0) is 91.3 Å². The summed E-state index contributed by atoms with van der Waals surface area (Å²) in [5.41, 5.74) is 15.2. The summed E-state index contributed by atoms with van der Waals surface area (Å²) in [6.07, 6.45) is 0. The third-order valence-corrected chi connectivity index (χ3v) is 12.2. The molecule has 10 rings (SSSR count). The Balaban J connectivity index is 1.27. The van der Waals surface area contributed by atoms with Crippen molar-refractivity contribution in [3.05, 3.63) is 226 Å². The molecule has 1 spiro atoms. The Morgan fingerprint density at radius 3 is 1.78 bits per heavy atom. The lowest BCUT2D eigenvalue weighted by atomic mass is 9.55. The summed E-state index contributed by atoms with van der Waals surface area (Å²) in [7, 11) is 0. The van der Waals surface area contributed by atoms with Crippen molar-refractivity contribution in [3.8, 4) is 11.1 Å². The number of benzene rings is 8. The van der Waals surface area contributed by atoms with Gasteiger partial charge in [-0.2, -0.15) is 0 Å². The lowest BCUT2D eigenvalue weighted by molar-refractivity contribution is 0.563. The first kappa shape index (κ1) is 33.0. The molecule has 0 saturated heterocycles. The van der Waals surface area contributed by atoms with Gasteiger partial charge in [0.05, 0.1) is 16.8 Å². The molecule has 0 heterocycles. The predicted octanol–water partition coefficient (Wildman–Crippen LogP) is 13.0. The van der Waals surface area contributed by atoms with Crippen molar-refractivity contribution in [3.63, 3.8) is 0 Å². The molecule has 262 valence electrons. The molecule has 0 saturated carbocycles. The fourth-order valence-electron chi connectivity index (χ4n) is 9.72. The molecule has 0 atom stereocenters. The second-order valence-electron chi connectivity index (χ2n) is 15.4. The van der Waals surface area contributed by atoms with Crippen LogP contribution < -0.4 is 0 Å². The summed E-state index contributed by atoms with van der Waals surface area (Å²) >= 11 is 0. The molecule has 0 fully saturated rings. The zero-order valence-corrected chi connectivity index (χ0v) is 31.3. The van der Waals surface area contributed by atoms with Crippen LogP contribution in [-0.4, -0.2) is 12.4 Å². The fourth-order valence-corrected chi connectivity index (χ4v) is 9.72. The first-order valence-electron chi connectivity index (χ1n) is 19.1. The minimum Gasteiger partial charge on any atom is -0.262 e. The molecule has 2 aliphatic rings. The maximum absolute atomic E-state index is 5.59. The van der Waals surface area contributed by atoms with E-state index in [1.54, 1.807) is 0 Å². The van der Waals surface area contributed by atoms with Crippen LogP contribution in [0.4, 0.5) is 0 Å². The van der Waals surface area contributed by atoms with Gasteiger partial charge in [0, 0.05) is 22.3 Å². The zero-order chi connectivity index (χ0) is 37.3. The van der Waals surface area contributed by atoms with Crippen LogP contribution in [0.25, 0.3) is 44.1 Å². The molecular formula is C53H40N2. The molecule has 0 unspecified atom stereocenters. The van der Waals surface area contributed by atoms with Crippen LogP contribution in [0.5, 0.6) is 0 Å². The number of nitrogens with zero attached hydrogens (tertiary/aromatic N) is 2. The summed E-state index contributed by atoms with van der Waals surface area (Å²) in [6.45, 7) is 11.0. The van der Waals surface area contributed by atoms with Crippen molar-refractivity contribution in [2.45, 2.75) is 31.6 Å². The van der Waals surface area contributed by atoms with Crippen molar-refractivity contribution in [2.75, 3.05) is 0 Å². The van der Waals surface area contributed by atoms with Crippen LogP contribution in [0.15, 0.2) is 186 Å². The second-order valence-corrected chi connectivity index (χ2v) is 15.4. The predicted molar refractivity (Wildman–Crippen MR) is 232 cm³/mol. The van der Waals surface area contributed by atoms with Crippen molar-refractivity contribution >= 4 is 45.4 Å². The molecule has 0 radical (unpaired) electrons. The van der Waals surface area contributed by atoms with Gasteiger partial charge in [-0.1, -0.05) is 184 Å². The quantitative estimate of drug-likeness (QED) is 0.0968. The van der Waals surface area contributed by atoms with Gasteiger partial charge in [0.25, 0.3) is 0 Å². The van der Waals surface area contributed by atoms with Crippen LogP contribution in [0, 0.1) is 0 Å². The van der Waals surface area contributed by atoms with Gasteiger partial charge in [-0.3, -0.25) is 9.98 Å². The Morgan fingerprint density at radius 2 is 1.05 bits per heavy atom. The van der Waals surface area contributed by atoms with E-state index in [-0.39, 0.29) is 5.41 Å². The van der Waals surface area contributed by atoms with E-state index in [9.17, 15) is 0 Å². The van der Waals surface area contributed by atoms with Gasteiger partial charge in [0.15, 0.2) is 0 Å². The van der Waals surface area contributed by atoms with E-state index < -0.39 is 5.41 Å². The molecule has 55 heavy (non-hydrogen) atoms. The largest absolute Gasteiger partial charge is 0.262 e. The minimum absolute atomic E-state index is 0.167.